The van der Waals surface area contributed by atoms with Crippen molar-refractivity contribution >= 4 is 17.7 Å². The highest BCUT2D eigenvalue weighted by atomic mass is 16.4. The van der Waals surface area contributed by atoms with E-state index in [9.17, 15) is 9.59 Å². The van der Waals surface area contributed by atoms with Crippen molar-refractivity contribution in [3.8, 4) is 0 Å². The van der Waals surface area contributed by atoms with Crippen LogP contribution in [0.5, 0.6) is 0 Å². The summed E-state index contributed by atoms with van der Waals surface area (Å²) in [7, 11) is 0. The molecule has 0 saturated carbocycles. The van der Waals surface area contributed by atoms with Crippen molar-refractivity contribution in [1.82, 2.24) is 14.9 Å². The van der Waals surface area contributed by atoms with Gasteiger partial charge in [-0.2, -0.15) is 0 Å². The first-order valence-corrected chi connectivity index (χ1v) is 8.17. The lowest BCUT2D eigenvalue weighted by Gasteiger charge is -2.37. The summed E-state index contributed by atoms with van der Waals surface area (Å²) in [5, 5.41) is 9.15. The van der Waals surface area contributed by atoms with Gasteiger partial charge < -0.3 is 14.9 Å². The number of likely N-dealkylation sites (tertiary alicyclic amines) is 1. The molecular formula is C16H22N4O3. The Morgan fingerprint density at radius 1 is 1.09 bits per heavy atom. The molecule has 2 aliphatic rings. The van der Waals surface area contributed by atoms with Crippen LogP contribution in [0.4, 0.5) is 5.82 Å². The lowest BCUT2D eigenvalue weighted by Crippen LogP contribution is -2.47. The molecule has 7 nitrogen and oxygen atoms in total. The van der Waals surface area contributed by atoms with Gasteiger partial charge in [0.25, 0.3) is 0 Å². The predicted molar refractivity (Wildman–Crippen MR) is 83.9 cm³/mol. The molecule has 2 fully saturated rings. The Bertz CT molecular complexity index is 558. The highest BCUT2D eigenvalue weighted by Gasteiger charge is 2.33. The minimum Gasteiger partial charge on any atom is -0.481 e. The number of rotatable bonds is 3. The second kappa shape index (κ2) is 6.93. The summed E-state index contributed by atoms with van der Waals surface area (Å²) in [6, 6.07) is 0. The maximum absolute atomic E-state index is 12.7. The fourth-order valence-electron chi connectivity index (χ4n) is 3.45. The summed E-state index contributed by atoms with van der Waals surface area (Å²) in [5.41, 5.74) is 0. The van der Waals surface area contributed by atoms with Gasteiger partial charge in [0.2, 0.25) is 5.91 Å². The number of aromatic nitrogens is 2. The third kappa shape index (κ3) is 3.60. The fourth-order valence-corrected chi connectivity index (χ4v) is 3.45. The van der Waals surface area contributed by atoms with E-state index < -0.39 is 11.9 Å². The Balaban J connectivity index is 1.55. The number of carboxylic acids is 1. The molecule has 1 amide bonds. The smallest absolute Gasteiger partial charge is 0.308 e. The molecule has 124 valence electrons. The number of hydrogen-bond acceptors (Lipinski definition) is 5. The molecule has 7 heteroatoms. The molecule has 1 N–H and O–H groups in total. The Morgan fingerprint density at radius 2 is 1.87 bits per heavy atom. The van der Waals surface area contributed by atoms with Gasteiger partial charge in [-0.25, -0.2) is 4.98 Å². The van der Waals surface area contributed by atoms with Gasteiger partial charge in [0, 0.05) is 44.5 Å². The normalized spacial score (nSPS) is 22.9. The van der Waals surface area contributed by atoms with Gasteiger partial charge in [0.05, 0.1) is 12.1 Å². The van der Waals surface area contributed by atoms with Crippen molar-refractivity contribution in [2.45, 2.75) is 25.7 Å². The van der Waals surface area contributed by atoms with Gasteiger partial charge in [-0.1, -0.05) is 0 Å². The highest BCUT2D eigenvalue weighted by molar-refractivity contribution is 5.80. The number of carbonyl (C=O) groups is 2. The average molecular weight is 318 g/mol. The second-order valence-electron chi connectivity index (χ2n) is 6.29. The number of piperidine rings is 2. The first kappa shape index (κ1) is 15.7. The van der Waals surface area contributed by atoms with Crippen LogP contribution in [0.15, 0.2) is 18.6 Å². The van der Waals surface area contributed by atoms with Crippen molar-refractivity contribution < 1.29 is 14.7 Å². The van der Waals surface area contributed by atoms with E-state index in [0.717, 1.165) is 38.2 Å². The molecule has 23 heavy (non-hydrogen) atoms. The van der Waals surface area contributed by atoms with E-state index in [1.54, 1.807) is 23.5 Å². The summed E-state index contributed by atoms with van der Waals surface area (Å²) < 4.78 is 0. The molecule has 3 heterocycles. The quantitative estimate of drug-likeness (QED) is 0.895. The monoisotopic (exact) mass is 318 g/mol. The van der Waals surface area contributed by atoms with E-state index >= 15 is 0 Å². The summed E-state index contributed by atoms with van der Waals surface area (Å²) in [6.45, 7) is 2.61. The van der Waals surface area contributed by atoms with E-state index in [1.807, 2.05) is 0 Å². The standard InChI is InChI=1S/C16H22N4O3/c21-15(20-7-1-2-13(11-20)16(22)23)12-3-8-19(9-4-12)14-10-17-5-6-18-14/h5-6,10,12-13H,1-4,7-9,11H2,(H,22,23). The van der Waals surface area contributed by atoms with Crippen molar-refractivity contribution in [2.75, 3.05) is 31.1 Å². The first-order valence-electron chi connectivity index (χ1n) is 8.17. The summed E-state index contributed by atoms with van der Waals surface area (Å²) in [4.78, 5) is 36.1. The summed E-state index contributed by atoms with van der Waals surface area (Å²) in [5.74, 6) is -0.236. The lowest BCUT2D eigenvalue weighted by atomic mass is 9.92. The van der Waals surface area contributed by atoms with Crippen LogP contribution in [-0.4, -0.2) is 58.0 Å². The molecule has 0 radical (unpaired) electrons. The molecule has 0 spiro atoms. The molecular weight excluding hydrogens is 296 g/mol. The van der Waals surface area contributed by atoms with Crippen LogP contribution in [0.3, 0.4) is 0 Å². The maximum atomic E-state index is 12.7. The minimum atomic E-state index is -0.792. The summed E-state index contributed by atoms with van der Waals surface area (Å²) in [6.07, 6.45) is 8.07. The molecule has 1 atom stereocenters. The van der Waals surface area contributed by atoms with Crippen molar-refractivity contribution in [1.29, 1.82) is 0 Å². The minimum absolute atomic E-state index is 0.00420. The lowest BCUT2D eigenvalue weighted by molar-refractivity contribution is -0.147. The van der Waals surface area contributed by atoms with Gasteiger partial charge in [0.15, 0.2) is 0 Å². The molecule has 2 saturated heterocycles. The van der Waals surface area contributed by atoms with Crippen LogP contribution in [0.1, 0.15) is 25.7 Å². The van der Waals surface area contributed by atoms with E-state index in [1.165, 1.54) is 0 Å². The van der Waals surface area contributed by atoms with Gasteiger partial charge in [0.1, 0.15) is 5.82 Å². The van der Waals surface area contributed by atoms with Crippen LogP contribution < -0.4 is 4.90 Å². The van der Waals surface area contributed by atoms with E-state index in [-0.39, 0.29) is 11.8 Å². The molecule has 0 aromatic carbocycles. The van der Waals surface area contributed by atoms with E-state index in [4.69, 9.17) is 5.11 Å². The Morgan fingerprint density at radius 3 is 2.52 bits per heavy atom. The van der Waals surface area contributed by atoms with Crippen LogP contribution in [-0.2, 0) is 9.59 Å². The highest BCUT2D eigenvalue weighted by Crippen LogP contribution is 2.25. The molecule has 0 bridgehead atoms. The predicted octanol–water partition coefficient (Wildman–Crippen LogP) is 1.02. The molecule has 2 aliphatic heterocycles. The second-order valence-corrected chi connectivity index (χ2v) is 6.29. The number of nitrogens with zero attached hydrogens (tertiary/aromatic N) is 4. The topological polar surface area (TPSA) is 86.6 Å². The maximum Gasteiger partial charge on any atom is 0.308 e. The average Bonchev–Trinajstić information content (AvgIpc) is 2.62. The Hall–Kier alpha value is -2.18. The molecule has 3 rings (SSSR count). The Labute approximate surface area is 135 Å². The van der Waals surface area contributed by atoms with Gasteiger partial charge in [-0.15, -0.1) is 0 Å². The number of carbonyl (C=O) groups excluding carboxylic acids is 1. The number of hydrogen-bond donors (Lipinski definition) is 1. The molecule has 1 aromatic rings. The zero-order valence-electron chi connectivity index (χ0n) is 13.1. The van der Waals surface area contributed by atoms with E-state index in [0.29, 0.717) is 19.5 Å². The van der Waals surface area contributed by atoms with Crippen LogP contribution >= 0.6 is 0 Å². The Kier molecular flexibility index (Phi) is 4.73. The molecule has 0 aliphatic carbocycles. The molecule has 1 unspecified atom stereocenters. The van der Waals surface area contributed by atoms with Crippen molar-refractivity contribution in [2.24, 2.45) is 11.8 Å². The molecule has 1 aromatic heterocycles. The van der Waals surface area contributed by atoms with Crippen LogP contribution in [0.2, 0.25) is 0 Å². The number of carboxylic acid groups (broad SMARTS) is 1. The summed E-state index contributed by atoms with van der Waals surface area (Å²) >= 11 is 0. The van der Waals surface area contributed by atoms with Gasteiger partial charge in [-0.05, 0) is 25.7 Å². The van der Waals surface area contributed by atoms with E-state index in [2.05, 4.69) is 14.9 Å². The fraction of sp³-hybridized carbons (Fsp3) is 0.625. The van der Waals surface area contributed by atoms with Gasteiger partial charge >= 0.3 is 5.97 Å². The third-order valence-corrected chi connectivity index (χ3v) is 4.80. The largest absolute Gasteiger partial charge is 0.481 e. The van der Waals surface area contributed by atoms with Gasteiger partial charge in [-0.3, -0.25) is 14.6 Å². The zero-order chi connectivity index (χ0) is 16.2. The van der Waals surface area contributed by atoms with Crippen LogP contribution in [0, 0.1) is 11.8 Å². The number of aliphatic carboxylic acids is 1. The SMILES string of the molecule is O=C(O)C1CCCN(C(=O)C2CCN(c3cnccn3)CC2)C1. The van der Waals surface area contributed by atoms with Crippen molar-refractivity contribution in [3.05, 3.63) is 18.6 Å². The van der Waals surface area contributed by atoms with Crippen molar-refractivity contribution in [3.63, 3.8) is 0 Å². The first-order chi connectivity index (χ1) is 11.1. The zero-order valence-corrected chi connectivity index (χ0v) is 13.1. The number of amides is 1. The van der Waals surface area contributed by atoms with Crippen LogP contribution in [0.25, 0.3) is 0 Å². The third-order valence-electron chi connectivity index (χ3n) is 4.80. The number of anilines is 1.